The molecule has 2 bridgehead atoms. The molecule has 6 heteroatoms. The van der Waals surface area contributed by atoms with Crippen molar-refractivity contribution in [3.8, 4) is 0 Å². The minimum atomic E-state index is -0.271. The number of aromatic nitrogens is 2. The Hall–Kier alpha value is -1.24. The first kappa shape index (κ1) is 18.1. The monoisotopic (exact) mass is 359 g/mol. The molecule has 144 valence electrons. The molecular formula is C20H33N5O. The van der Waals surface area contributed by atoms with E-state index < -0.39 is 0 Å². The van der Waals surface area contributed by atoms with Crippen LogP contribution in [0.2, 0.25) is 0 Å². The highest BCUT2D eigenvalue weighted by molar-refractivity contribution is 5.43. The summed E-state index contributed by atoms with van der Waals surface area (Å²) in [7, 11) is 2.17. The number of aliphatic hydroxyl groups excluding tert-OH is 1. The normalized spacial score (nSPS) is 38.4. The zero-order valence-corrected chi connectivity index (χ0v) is 16.6. The Bertz CT molecular complexity index is 654. The van der Waals surface area contributed by atoms with Crippen LogP contribution >= 0.6 is 0 Å². The minimum absolute atomic E-state index is 0.134. The van der Waals surface area contributed by atoms with E-state index >= 15 is 0 Å². The number of hydrogen-bond acceptors (Lipinski definition) is 6. The van der Waals surface area contributed by atoms with Gasteiger partial charge in [-0.2, -0.15) is 0 Å². The molecule has 3 fully saturated rings. The molecule has 0 aliphatic carbocycles. The van der Waals surface area contributed by atoms with Gasteiger partial charge in [0.05, 0.1) is 11.8 Å². The van der Waals surface area contributed by atoms with E-state index in [-0.39, 0.29) is 16.9 Å². The van der Waals surface area contributed by atoms with Gasteiger partial charge in [0.15, 0.2) is 0 Å². The molecule has 0 amide bonds. The summed E-state index contributed by atoms with van der Waals surface area (Å²) >= 11 is 0. The Morgan fingerprint density at radius 3 is 2.46 bits per heavy atom. The fourth-order valence-electron chi connectivity index (χ4n) is 5.72. The van der Waals surface area contributed by atoms with Crippen molar-refractivity contribution in [1.29, 1.82) is 0 Å². The molecule has 1 aromatic rings. The Morgan fingerprint density at radius 2 is 1.85 bits per heavy atom. The summed E-state index contributed by atoms with van der Waals surface area (Å²) in [5.74, 6) is 2.37. The number of hydrogen-bond donors (Lipinski definition) is 2. The van der Waals surface area contributed by atoms with E-state index in [2.05, 4.69) is 42.1 Å². The van der Waals surface area contributed by atoms with Crippen LogP contribution in [0.15, 0.2) is 6.07 Å². The fraction of sp³-hybridized carbons (Fsp3) is 0.800. The first-order valence-corrected chi connectivity index (χ1v) is 9.97. The number of anilines is 1. The lowest BCUT2D eigenvalue weighted by Crippen LogP contribution is -2.69. The quantitative estimate of drug-likeness (QED) is 0.832. The second-order valence-electron chi connectivity index (χ2n) is 9.48. The van der Waals surface area contributed by atoms with E-state index in [0.29, 0.717) is 5.92 Å². The summed E-state index contributed by atoms with van der Waals surface area (Å²) < 4.78 is 0. The maximum Gasteiger partial charge on any atom is 0.132 e. The van der Waals surface area contributed by atoms with Crippen LogP contribution in [0.3, 0.4) is 0 Å². The Morgan fingerprint density at radius 1 is 1.15 bits per heavy atom. The van der Waals surface area contributed by atoms with Crippen LogP contribution < -0.4 is 10.2 Å². The summed E-state index contributed by atoms with van der Waals surface area (Å²) in [5.41, 5.74) is 0.903. The lowest BCUT2D eigenvalue weighted by molar-refractivity contribution is -0.127. The number of piperidine rings is 3. The van der Waals surface area contributed by atoms with E-state index in [1.807, 2.05) is 6.92 Å². The Kier molecular flexibility index (Phi) is 4.48. The molecule has 4 atom stereocenters. The number of fused-ring (bicyclic) bond motifs is 2. The lowest BCUT2D eigenvalue weighted by atomic mass is 9.63. The zero-order valence-electron chi connectivity index (χ0n) is 16.6. The molecule has 1 unspecified atom stereocenters. The number of rotatable bonds is 2. The maximum absolute atomic E-state index is 11.0. The molecule has 0 spiro atoms. The van der Waals surface area contributed by atoms with Gasteiger partial charge in [0.25, 0.3) is 0 Å². The van der Waals surface area contributed by atoms with Gasteiger partial charge in [0, 0.05) is 55.5 Å². The maximum atomic E-state index is 11.0. The number of aryl methyl sites for hydroxylation is 1. The Labute approximate surface area is 157 Å². The third kappa shape index (κ3) is 3.12. The first-order chi connectivity index (χ1) is 12.3. The van der Waals surface area contributed by atoms with Crippen molar-refractivity contribution in [2.45, 2.75) is 45.6 Å². The van der Waals surface area contributed by atoms with Crippen molar-refractivity contribution >= 4 is 5.82 Å². The van der Waals surface area contributed by atoms with Crippen molar-refractivity contribution in [3.63, 3.8) is 0 Å². The third-order valence-electron chi connectivity index (χ3n) is 6.57. The fourth-order valence-corrected chi connectivity index (χ4v) is 5.72. The van der Waals surface area contributed by atoms with Crippen molar-refractivity contribution in [1.82, 2.24) is 20.2 Å². The Balaban J connectivity index is 1.64. The second kappa shape index (κ2) is 6.43. The summed E-state index contributed by atoms with van der Waals surface area (Å²) in [6, 6.07) is 2.20. The highest BCUT2D eigenvalue weighted by Crippen LogP contribution is 2.46. The molecule has 0 saturated carbocycles. The SMILES string of the molecule is Cc1nc([C@@H]2CCCNC2)cc(N2C[C@]3(C)CN(C)C[C@](C)(C2)C3O)n1. The van der Waals surface area contributed by atoms with Crippen molar-refractivity contribution in [2.75, 3.05) is 51.2 Å². The minimum Gasteiger partial charge on any atom is -0.392 e. The molecule has 4 heterocycles. The van der Waals surface area contributed by atoms with Gasteiger partial charge < -0.3 is 20.2 Å². The van der Waals surface area contributed by atoms with Crippen LogP contribution in [0.5, 0.6) is 0 Å². The van der Waals surface area contributed by atoms with Gasteiger partial charge in [0.2, 0.25) is 0 Å². The van der Waals surface area contributed by atoms with Crippen LogP contribution in [0, 0.1) is 17.8 Å². The van der Waals surface area contributed by atoms with E-state index in [9.17, 15) is 5.11 Å². The van der Waals surface area contributed by atoms with Crippen LogP contribution in [0.4, 0.5) is 5.82 Å². The number of aliphatic hydroxyl groups is 1. The van der Waals surface area contributed by atoms with Crippen LogP contribution in [-0.4, -0.2) is 72.4 Å². The predicted octanol–water partition coefficient (Wildman–Crippen LogP) is 1.39. The van der Waals surface area contributed by atoms with Crippen molar-refractivity contribution < 1.29 is 5.11 Å². The van der Waals surface area contributed by atoms with Crippen LogP contribution in [0.1, 0.15) is 44.1 Å². The molecule has 3 aliphatic rings. The summed E-state index contributed by atoms with van der Waals surface area (Å²) in [5, 5.41) is 14.5. The van der Waals surface area contributed by atoms with Gasteiger partial charge in [-0.1, -0.05) is 13.8 Å². The summed E-state index contributed by atoms with van der Waals surface area (Å²) in [6.07, 6.45) is 2.14. The molecule has 0 aromatic carbocycles. The number of nitrogens with zero attached hydrogens (tertiary/aromatic N) is 4. The van der Waals surface area contributed by atoms with E-state index in [0.717, 1.165) is 50.9 Å². The van der Waals surface area contributed by atoms with Gasteiger partial charge in [-0.25, -0.2) is 9.97 Å². The summed E-state index contributed by atoms with van der Waals surface area (Å²) in [4.78, 5) is 14.3. The van der Waals surface area contributed by atoms with Gasteiger partial charge in [0.1, 0.15) is 11.6 Å². The average molecular weight is 360 g/mol. The molecule has 3 saturated heterocycles. The van der Waals surface area contributed by atoms with Crippen LogP contribution in [0.25, 0.3) is 0 Å². The van der Waals surface area contributed by atoms with E-state index in [4.69, 9.17) is 9.97 Å². The number of nitrogens with one attached hydrogen (secondary N) is 1. The molecule has 0 radical (unpaired) electrons. The molecule has 3 aliphatic heterocycles. The highest BCUT2D eigenvalue weighted by Gasteiger charge is 2.55. The molecule has 26 heavy (non-hydrogen) atoms. The molecule has 6 nitrogen and oxygen atoms in total. The van der Waals surface area contributed by atoms with E-state index in [1.165, 1.54) is 18.5 Å². The number of likely N-dealkylation sites (tertiary alicyclic amines) is 1. The van der Waals surface area contributed by atoms with Crippen molar-refractivity contribution in [3.05, 3.63) is 17.6 Å². The third-order valence-corrected chi connectivity index (χ3v) is 6.57. The molecular weight excluding hydrogens is 326 g/mol. The highest BCUT2D eigenvalue weighted by atomic mass is 16.3. The molecule has 2 N–H and O–H groups in total. The topological polar surface area (TPSA) is 64.5 Å². The predicted molar refractivity (Wildman–Crippen MR) is 104 cm³/mol. The first-order valence-electron chi connectivity index (χ1n) is 9.97. The summed E-state index contributed by atoms with van der Waals surface area (Å²) in [6.45, 7) is 12.1. The van der Waals surface area contributed by atoms with Gasteiger partial charge in [-0.15, -0.1) is 0 Å². The average Bonchev–Trinajstić information content (AvgIpc) is 2.58. The standard InChI is InChI=1S/C20H33N5O/c1-14-22-16(15-6-5-7-21-9-15)8-17(23-14)25-12-19(2)10-24(4)11-20(3,13-25)18(19)26/h8,15,18,21,26H,5-7,9-13H2,1-4H3/t15-,18?,19-,20+/m1/s1. The molecule has 4 rings (SSSR count). The van der Waals surface area contributed by atoms with Gasteiger partial charge in [-0.3, -0.25) is 0 Å². The van der Waals surface area contributed by atoms with Gasteiger partial charge >= 0.3 is 0 Å². The smallest absolute Gasteiger partial charge is 0.132 e. The van der Waals surface area contributed by atoms with Gasteiger partial charge in [-0.05, 0) is 33.4 Å². The zero-order chi connectivity index (χ0) is 18.5. The second-order valence-corrected chi connectivity index (χ2v) is 9.48. The largest absolute Gasteiger partial charge is 0.392 e. The van der Waals surface area contributed by atoms with Crippen LogP contribution in [-0.2, 0) is 0 Å². The van der Waals surface area contributed by atoms with Crippen molar-refractivity contribution in [2.24, 2.45) is 10.8 Å². The van der Waals surface area contributed by atoms with E-state index in [1.54, 1.807) is 0 Å². The lowest BCUT2D eigenvalue weighted by Gasteiger charge is -2.59. The molecule has 1 aromatic heterocycles.